The lowest BCUT2D eigenvalue weighted by Crippen LogP contribution is -2.29. The van der Waals surface area contributed by atoms with E-state index in [1.165, 1.54) is 17.4 Å². The van der Waals surface area contributed by atoms with Crippen molar-refractivity contribution in [2.75, 3.05) is 26.7 Å². The molecule has 116 valence electrons. The van der Waals surface area contributed by atoms with Gasteiger partial charge in [-0.3, -0.25) is 4.79 Å². The highest BCUT2D eigenvalue weighted by atomic mass is 32.1. The van der Waals surface area contributed by atoms with Crippen LogP contribution in [0.4, 0.5) is 4.39 Å². The highest BCUT2D eigenvalue weighted by Gasteiger charge is 2.27. The summed E-state index contributed by atoms with van der Waals surface area (Å²) in [6, 6.07) is 6.50. The third kappa shape index (κ3) is 3.03. The van der Waals surface area contributed by atoms with Gasteiger partial charge in [0.1, 0.15) is 15.7 Å². The van der Waals surface area contributed by atoms with E-state index in [0.717, 1.165) is 26.1 Å². The molecule has 1 unspecified atom stereocenters. The van der Waals surface area contributed by atoms with Crippen molar-refractivity contribution in [1.29, 1.82) is 0 Å². The first kappa shape index (κ1) is 15.1. The van der Waals surface area contributed by atoms with Crippen LogP contribution in [0.2, 0.25) is 0 Å². The van der Waals surface area contributed by atoms with Crippen LogP contribution >= 0.6 is 11.3 Å². The summed E-state index contributed by atoms with van der Waals surface area (Å²) in [6.07, 6.45) is 2.58. The van der Waals surface area contributed by atoms with Crippen molar-refractivity contribution in [3.8, 4) is 10.6 Å². The topological polar surface area (TPSA) is 45.2 Å². The number of halogens is 1. The molecule has 1 fully saturated rings. The number of carbonyl (C=O) groups is 1. The van der Waals surface area contributed by atoms with E-state index in [1.54, 1.807) is 24.4 Å². The summed E-state index contributed by atoms with van der Waals surface area (Å²) >= 11 is 1.25. The average Bonchev–Trinajstić information content (AvgIpc) is 3.17. The Labute approximate surface area is 133 Å². The van der Waals surface area contributed by atoms with E-state index in [-0.39, 0.29) is 11.7 Å². The Morgan fingerprint density at radius 2 is 2.32 bits per heavy atom. The molecule has 0 spiro atoms. The van der Waals surface area contributed by atoms with Crippen molar-refractivity contribution < 1.29 is 9.18 Å². The lowest BCUT2D eigenvalue weighted by molar-refractivity contribution is 0.0791. The number of nitrogens with zero attached hydrogens (tertiary/aromatic N) is 2. The van der Waals surface area contributed by atoms with Crippen LogP contribution in [-0.4, -0.2) is 42.5 Å². The molecule has 1 aromatic carbocycles. The van der Waals surface area contributed by atoms with Crippen LogP contribution in [0.3, 0.4) is 0 Å². The van der Waals surface area contributed by atoms with E-state index in [2.05, 4.69) is 10.3 Å². The van der Waals surface area contributed by atoms with Gasteiger partial charge in [-0.2, -0.15) is 0 Å². The van der Waals surface area contributed by atoms with Crippen LogP contribution < -0.4 is 5.32 Å². The van der Waals surface area contributed by atoms with Crippen molar-refractivity contribution in [3.05, 3.63) is 41.2 Å². The van der Waals surface area contributed by atoms with E-state index in [1.807, 2.05) is 11.9 Å². The van der Waals surface area contributed by atoms with E-state index >= 15 is 0 Å². The Balaban J connectivity index is 1.74. The number of benzene rings is 1. The Hall–Kier alpha value is -1.79. The van der Waals surface area contributed by atoms with Gasteiger partial charge < -0.3 is 10.2 Å². The molecule has 1 amide bonds. The van der Waals surface area contributed by atoms with Crippen LogP contribution in [0.25, 0.3) is 10.6 Å². The molecule has 1 N–H and O–H groups in total. The summed E-state index contributed by atoms with van der Waals surface area (Å²) in [6.45, 7) is 2.47. The first-order valence-corrected chi connectivity index (χ1v) is 8.15. The number of nitrogens with one attached hydrogen (secondary N) is 1. The fraction of sp³-hybridized carbons (Fsp3) is 0.375. The lowest BCUT2D eigenvalue weighted by Gasteiger charge is -2.15. The fourth-order valence-electron chi connectivity index (χ4n) is 2.76. The summed E-state index contributed by atoms with van der Waals surface area (Å²) in [4.78, 5) is 19.2. The Morgan fingerprint density at radius 3 is 3.09 bits per heavy atom. The van der Waals surface area contributed by atoms with Gasteiger partial charge in [-0.05, 0) is 38.1 Å². The predicted octanol–water partition coefficient (Wildman–Crippen LogP) is 2.63. The quantitative estimate of drug-likeness (QED) is 0.942. The molecule has 4 nitrogen and oxygen atoms in total. The third-order valence-electron chi connectivity index (χ3n) is 3.89. The van der Waals surface area contributed by atoms with Crippen molar-refractivity contribution >= 4 is 17.2 Å². The van der Waals surface area contributed by atoms with Crippen LogP contribution in [0.5, 0.6) is 0 Å². The monoisotopic (exact) mass is 319 g/mol. The van der Waals surface area contributed by atoms with Gasteiger partial charge >= 0.3 is 0 Å². The molecule has 0 aliphatic carbocycles. The standard InChI is InChI=1S/C16H18FN3OS/c1-18-8-11-6-7-20(10-11)16(21)14-9-19-15(22-14)12-4-2-3-5-13(12)17/h2-5,9,11,18H,6-8,10H2,1H3. The molecular formula is C16H18FN3OS. The average molecular weight is 319 g/mol. The second-order valence-electron chi connectivity index (χ2n) is 5.47. The molecular weight excluding hydrogens is 301 g/mol. The summed E-state index contributed by atoms with van der Waals surface area (Å²) in [5.41, 5.74) is 0.445. The van der Waals surface area contributed by atoms with Crippen molar-refractivity contribution in [2.24, 2.45) is 5.92 Å². The molecule has 0 saturated carbocycles. The minimum absolute atomic E-state index is 0.00121. The van der Waals surface area contributed by atoms with Gasteiger partial charge in [-0.25, -0.2) is 9.37 Å². The predicted molar refractivity (Wildman–Crippen MR) is 85.4 cm³/mol. The molecule has 2 heterocycles. The maximum atomic E-state index is 13.8. The van der Waals surface area contributed by atoms with Gasteiger partial charge in [0.15, 0.2) is 0 Å². The third-order valence-corrected chi connectivity index (χ3v) is 4.91. The highest BCUT2D eigenvalue weighted by Crippen LogP contribution is 2.29. The maximum absolute atomic E-state index is 13.8. The zero-order valence-corrected chi connectivity index (χ0v) is 13.2. The van der Waals surface area contributed by atoms with Crippen LogP contribution in [0, 0.1) is 11.7 Å². The van der Waals surface area contributed by atoms with Crippen LogP contribution in [0.15, 0.2) is 30.5 Å². The Bertz CT molecular complexity index is 673. The van der Waals surface area contributed by atoms with Gasteiger partial charge in [-0.15, -0.1) is 11.3 Å². The molecule has 1 atom stereocenters. The molecule has 1 aromatic heterocycles. The number of hydrogen-bond donors (Lipinski definition) is 1. The second-order valence-corrected chi connectivity index (χ2v) is 6.50. The fourth-order valence-corrected chi connectivity index (χ4v) is 3.67. The SMILES string of the molecule is CNCC1CCN(C(=O)c2cnc(-c3ccccc3F)s2)C1. The van der Waals surface area contributed by atoms with E-state index in [9.17, 15) is 9.18 Å². The number of likely N-dealkylation sites (tertiary alicyclic amines) is 1. The zero-order valence-electron chi connectivity index (χ0n) is 12.4. The number of hydrogen-bond acceptors (Lipinski definition) is 4. The number of aromatic nitrogens is 1. The molecule has 1 aliphatic heterocycles. The summed E-state index contributed by atoms with van der Waals surface area (Å²) in [5, 5.41) is 3.70. The smallest absolute Gasteiger partial charge is 0.265 e. The number of thiazole rings is 1. The first-order chi connectivity index (χ1) is 10.7. The van der Waals surface area contributed by atoms with Gasteiger partial charge in [0.2, 0.25) is 0 Å². The number of carbonyl (C=O) groups excluding carboxylic acids is 1. The Kier molecular flexibility index (Phi) is 4.49. The molecule has 3 rings (SSSR count). The molecule has 6 heteroatoms. The largest absolute Gasteiger partial charge is 0.338 e. The summed E-state index contributed by atoms with van der Waals surface area (Å²) in [7, 11) is 1.92. The van der Waals surface area contributed by atoms with E-state index in [0.29, 0.717) is 21.4 Å². The van der Waals surface area contributed by atoms with Gasteiger partial charge in [0.25, 0.3) is 5.91 Å². The minimum atomic E-state index is -0.314. The summed E-state index contributed by atoms with van der Waals surface area (Å²) < 4.78 is 13.8. The zero-order chi connectivity index (χ0) is 15.5. The second kappa shape index (κ2) is 6.54. The van der Waals surface area contributed by atoms with Gasteiger partial charge in [0.05, 0.1) is 6.20 Å². The van der Waals surface area contributed by atoms with Gasteiger partial charge in [-0.1, -0.05) is 12.1 Å². The molecule has 2 aromatic rings. The van der Waals surface area contributed by atoms with Crippen LogP contribution in [-0.2, 0) is 0 Å². The summed E-state index contributed by atoms with van der Waals surface area (Å²) in [5.74, 6) is 0.192. The Morgan fingerprint density at radius 1 is 1.50 bits per heavy atom. The first-order valence-electron chi connectivity index (χ1n) is 7.33. The van der Waals surface area contributed by atoms with E-state index < -0.39 is 0 Å². The van der Waals surface area contributed by atoms with Crippen molar-refractivity contribution in [1.82, 2.24) is 15.2 Å². The number of amides is 1. The lowest BCUT2D eigenvalue weighted by atomic mass is 10.1. The molecule has 1 saturated heterocycles. The maximum Gasteiger partial charge on any atom is 0.265 e. The number of rotatable bonds is 4. The molecule has 22 heavy (non-hydrogen) atoms. The minimum Gasteiger partial charge on any atom is -0.338 e. The normalized spacial score (nSPS) is 17.9. The molecule has 1 aliphatic rings. The molecule has 0 radical (unpaired) electrons. The van der Waals surface area contributed by atoms with Crippen molar-refractivity contribution in [2.45, 2.75) is 6.42 Å². The van der Waals surface area contributed by atoms with E-state index in [4.69, 9.17) is 0 Å². The van der Waals surface area contributed by atoms with Crippen LogP contribution in [0.1, 0.15) is 16.1 Å². The molecule has 0 bridgehead atoms. The van der Waals surface area contributed by atoms with Crippen molar-refractivity contribution in [3.63, 3.8) is 0 Å². The van der Waals surface area contributed by atoms with Gasteiger partial charge in [0, 0.05) is 18.7 Å². The highest BCUT2D eigenvalue weighted by molar-refractivity contribution is 7.16.